The molecule has 2 amide bonds. The van der Waals surface area contributed by atoms with Crippen LogP contribution in [0.2, 0.25) is 5.02 Å². The van der Waals surface area contributed by atoms with Crippen LogP contribution in [0.15, 0.2) is 48.8 Å². The second-order valence-corrected chi connectivity index (χ2v) is 4.39. The molecule has 2 aromatic rings. The van der Waals surface area contributed by atoms with Crippen LogP contribution in [0.4, 0.5) is 4.79 Å². The summed E-state index contributed by atoms with van der Waals surface area (Å²) >= 11 is 6.00. The normalized spacial score (nSPS) is 9.95. The third kappa shape index (κ3) is 4.26. The summed E-state index contributed by atoms with van der Waals surface area (Å²) in [6.07, 6.45) is 3.39. The molecule has 0 saturated carbocycles. The Bertz CT molecular complexity index is 545. The van der Waals surface area contributed by atoms with Crippen molar-refractivity contribution in [1.82, 2.24) is 15.6 Å². The van der Waals surface area contributed by atoms with Crippen molar-refractivity contribution in [2.24, 2.45) is 0 Å². The van der Waals surface area contributed by atoms with E-state index in [0.717, 1.165) is 11.1 Å². The van der Waals surface area contributed by atoms with Crippen molar-refractivity contribution in [3.63, 3.8) is 0 Å². The van der Waals surface area contributed by atoms with E-state index in [0.29, 0.717) is 18.1 Å². The number of nitrogens with zero attached hydrogens (tertiary/aromatic N) is 1. The third-order valence-electron chi connectivity index (χ3n) is 2.60. The van der Waals surface area contributed by atoms with Gasteiger partial charge in [0.2, 0.25) is 0 Å². The minimum atomic E-state index is -0.225. The van der Waals surface area contributed by atoms with Crippen molar-refractivity contribution in [3.8, 4) is 0 Å². The lowest BCUT2D eigenvalue weighted by Crippen LogP contribution is -2.34. The van der Waals surface area contributed by atoms with Crippen molar-refractivity contribution >= 4 is 17.6 Å². The molecule has 0 aliphatic carbocycles. The maximum absolute atomic E-state index is 11.6. The summed E-state index contributed by atoms with van der Waals surface area (Å²) < 4.78 is 0. The van der Waals surface area contributed by atoms with Crippen LogP contribution in [0, 0.1) is 0 Å². The summed E-state index contributed by atoms with van der Waals surface area (Å²) in [6.45, 7) is 0.874. The number of pyridine rings is 1. The average molecular weight is 276 g/mol. The van der Waals surface area contributed by atoms with E-state index in [-0.39, 0.29) is 6.03 Å². The van der Waals surface area contributed by atoms with E-state index in [1.54, 1.807) is 18.5 Å². The Morgan fingerprint density at radius 3 is 2.47 bits per heavy atom. The van der Waals surface area contributed by atoms with Gasteiger partial charge in [-0.3, -0.25) is 4.98 Å². The van der Waals surface area contributed by atoms with Gasteiger partial charge in [-0.15, -0.1) is 0 Å². The molecular weight excluding hydrogens is 262 g/mol. The predicted molar refractivity (Wildman–Crippen MR) is 74.8 cm³/mol. The molecule has 0 unspecified atom stereocenters. The number of amides is 2. The molecule has 19 heavy (non-hydrogen) atoms. The highest BCUT2D eigenvalue weighted by Crippen LogP contribution is 2.14. The number of benzene rings is 1. The summed E-state index contributed by atoms with van der Waals surface area (Å²) in [5.74, 6) is 0. The molecule has 0 bridgehead atoms. The lowest BCUT2D eigenvalue weighted by molar-refractivity contribution is 0.240. The first kappa shape index (κ1) is 13.4. The zero-order chi connectivity index (χ0) is 13.5. The summed E-state index contributed by atoms with van der Waals surface area (Å²) in [5, 5.41) is 6.18. The Balaban J connectivity index is 1.78. The van der Waals surface area contributed by atoms with Crippen molar-refractivity contribution < 1.29 is 4.79 Å². The van der Waals surface area contributed by atoms with Gasteiger partial charge < -0.3 is 10.6 Å². The zero-order valence-corrected chi connectivity index (χ0v) is 11.0. The van der Waals surface area contributed by atoms with Crippen molar-refractivity contribution in [2.45, 2.75) is 13.1 Å². The molecule has 0 saturated heterocycles. The van der Waals surface area contributed by atoms with Crippen LogP contribution >= 0.6 is 11.6 Å². The Kier molecular flexibility index (Phi) is 4.75. The van der Waals surface area contributed by atoms with Crippen LogP contribution in [-0.2, 0) is 13.1 Å². The topological polar surface area (TPSA) is 54.0 Å². The number of carbonyl (C=O) groups excluding carboxylic acids is 1. The molecule has 0 radical (unpaired) electrons. The van der Waals surface area contributed by atoms with Crippen LogP contribution in [0.3, 0.4) is 0 Å². The van der Waals surface area contributed by atoms with Gasteiger partial charge in [0.1, 0.15) is 0 Å². The molecule has 98 valence electrons. The molecule has 2 rings (SSSR count). The first-order chi connectivity index (χ1) is 9.25. The number of carbonyl (C=O) groups is 1. The first-order valence-corrected chi connectivity index (χ1v) is 6.27. The fraction of sp³-hybridized carbons (Fsp3) is 0.143. The SMILES string of the molecule is O=C(NCc1ccncc1)NCc1ccccc1Cl. The highest BCUT2D eigenvalue weighted by atomic mass is 35.5. The summed E-state index contributed by atoms with van der Waals surface area (Å²) in [6, 6.07) is 10.9. The molecule has 0 aliphatic rings. The number of hydrogen-bond acceptors (Lipinski definition) is 2. The van der Waals surface area contributed by atoms with Crippen LogP contribution in [0.1, 0.15) is 11.1 Å². The van der Waals surface area contributed by atoms with E-state index in [9.17, 15) is 4.79 Å². The van der Waals surface area contributed by atoms with Gasteiger partial charge in [-0.25, -0.2) is 4.79 Å². The van der Waals surface area contributed by atoms with Gasteiger partial charge in [0.15, 0.2) is 0 Å². The Hall–Kier alpha value is -2.07. The second kappa shape index (κ2) is 6.75. The lowest BCUT2D eigenvalue weighted by Gasteiger charge is -2.08. The van der Waals surface area contributed by atoms with E-state index >= 15 is 0 Å². The minimum absolute atomic E-state index is 0.225. The van der Waals surface area contributed by atoms with Crippen LogP contribution in [-0.4, -0.2) is 11.0 Å². The van der Waals surface area contributed by atoms with Gasteiger partial charge in [0.25, 0.3) is 0 Å². The summed E-state index contributed by atoms with van der Waals surface area (Å²) in [7, 11) is 0. The largest absolute Gasteiger partial charge is 0.334 e. The number of halogens is 1. The molecule has 0 aliphatic heterocycles. The van der Waals surface area contributed by atoms with Crippen molar-refractivity contribution in [3.05, 3.63) is 64.9 Å². The van der Waals surface area contributed by atoms with E-state index in [1.807, 2.05) is 30.3 Å². The van der Waals surface area contributed by atoms with Crippen molar-refractivity contribution in [1.29, 1.82) is 0 Å². The molecule has 0 fully saturated rings. The molecule has 2 N–H and O–H groups in total. The monoisotopic (exact) mass is 275 g/mol. The molecule has 0 atom stereocenters. The minimum Gasteiger partial charge on any atom is -0.334 e. The van der Waals surface area contributed by atoms with Crippen LogP contribution in [0.25, 0.3) is 0 Å². The molecule has 1 aromatic heterocycles. The smallest absolute Gasteiger partial charge is 0.315 e. The van der Waals surface area contributed by atoms with Crippen LogP contribution < -0.4 is 10.6 Å². The lowest BCUT2D eigenvalue weighted by atomic mass is 10.2. The Morgan fingerprint density at radius 2 is 1.74 bits per heavy atom. The Labute approximate surface area is 116 Å². The van der Waals surface area contributed by atoms with E-state index in [4.69, 9.17) is 11.6 Å². The second-order valence-electron chi connectivity index (χ2n) is 3.98. The Morgan fingerprint density at radius 1 is 1.05 bits per heavy atom. The van der Waals surface area contributed by atoms with Gasteiger partial charge in [0.05, 0.1) is 0 Å². The summed E-state index contributed by atoms with van der Waals surface area (Å²) in [5.41, 5.74) is 1.89. The highest BCUT2D eigenvalue weighted by molar-refractivity contribution is 6.31. The third-order valence-corrected chi connectivity index (χ3v) is 2.97. The van der Waals surface area contributed by atoms with Gasteiger partial charge in [-0.05, 0) is 29.3 Å². The number of urea groups is 1. The summed E-state index contributed by atoms with van der Waals surface area (Å²) in [4.78, 5) is 15.5. The standard InChI is InChI=1S/C14H14ClN3O/c15-13-4-2-1-3-12(13)10-18-14(19)17-9-11-5-7-16-8-6-11/h1-8H,9-10H2,(H2,17,18,19). The number of aromatic nitrogens is 1. The predicted octanol–water partition coefficient (Wildman–Crippen LogP) is 2.73. The van der Waals surface area contributed by atoms with E-state index < -0.39 is 0 Å². The number of nitrogens with one attached hydrogen (secondary N) is 2. The molecular formula is C14H14ClN3O. The fourth-order valence-corrected chi connectivity index (χ4v) is 1.77. The maximum Gasteiger partial charge on any atom is 0.315 e. The molecule has 0 spiro atoms. The molecule has 1 aromatic carbocycles. The zero-order valence-electron chi connectivity index (χ0n) is 10.3. The van der Waals surface area contributed by atoms with Crippen molar-refractivity contribution in [2.75, 3.05) is 0 Å². The number of hydrogen-bond donors (Lipinski definition) is 2. The molecule has 5 heteroatoms. The maximum atomic E-state index is 11.6. The van der Waals surface area contributed by atoms with Gasteiger partial charge in [0, 0.05) is 30.5 Å². The molecule has 1 heterocycles. The first-order valence-electron chi connectivity index (χ1n) is 5.90. The van der Waals surface area contributed by atoms with Gasteiger partial charge >= 0.3 is 6.03 Å². The van der Waals surface area contributed by atoms with Gasteiger partial charge in [-0.1, -0.05) is 29.8 Å². The van der Waals surface area contributed by atoms with Crippen LogP contribution in [0.5, 0.6) is 0 Å². The average Bonchev–Trinajstić information content (AvgIpc) is 2.45. The van der Waals surface area contributed by atoms with Gasteiger partial charge in [-0.2, -0.15) is 0 Å². The highest BCUT2D eigenvalue weighted by Gasteiger charge is 2.02. The number of rotatable bonds is 4. The van der Waals surface area contributed by atoms with E-state index in [2.05, 4.69) is 15.6 Å². The van der Waals surface area contributed by atoms with E-state index in [1.165, 1.54) is 0 Å². The molecule has 4 nitrogen and oxygen atoms in total. The quantitative estimate of drug-likeness (QED) is 0.901. The fourth-order valence-electron chi connectivity index (χ4n) is 1.56.